The minimum Gasteiger partial charge on any atom is -0.387 e. The third-order valence-corrected chi connectivity index (χ3v) is 5.56. The Morgan fingerprint density at radius 2 is 2.33 bits per heavy atom. The predicted octanol–water partition coefficient (Wildman–Crippen LogP) is 4.69. The average molecular weight is 304 g/mol. The number of nitrogens with zero attached hydrogens (tertiary/aromatic N) is 2. The van der Waals surface area contributed by atoms with Crippen molar-refractivity contribution in [3.63, 3.8) is 0 Å². The lowest BCUT2D eigenvalue weighted by molar-refractivity contribution is 0.139. The van der Waals surface area contributed by atoms with Crippen LogP contribution in [0.15, 0.2) is 24.7 Å². The zero-order valence-electron chi connectivity index (χ0n) is 12.8. The molecule has 4 heteroatoms. The molecule has 1 aliphatic carbocycles. The van der Waals surface area contributed by atoms with Crippen molar-refractivity contribution in [3.05, 3.63) is 35.2 Å². The van der Waals surface area contributed by atoms with Crippen LogP contribution in [0.2, 0.25) is 0 Å². The smallest absolute Gasteiger partial charge is 0.120 e. The second kappa shape index (κ2) is 6.32. The molecule has 0 aliphatic heterocycles. The highest BCUT2D eigenvalue weighted by Gasteiger charge is 2.32. The maximum atomic E-state index is 10.8. The highest BCUT2D eigenvalue weighted by Crippen LogP contribution is 2.47. The zero-order valence-corrected chi connectivity index (χ0v) is 13.6. The van der Waals surface area contributed by atoms with E-state index in [9.17, 15) is 5.11 Å². The number of fused-ring (bicyclic) bond motifs is 1. The van der Waals surface area contributed by atoms with Crippen molar-refractivity contribution in [2.24, 2.45) is 5.92 Å². The summed E-state index contributed by atoms with van der Waals surface area (Å²) in [6, 6.07) is 0. The quantitative estimate of drug-likeness (QED) is 0.754. The highest BCUT2D eigenvalue weighted by molar-refractivity contribution is 7.17. The molecule has 2 atom stereocenters. The van der Waals surface area contributed by atoms with Gasteiger partial charge in [-0.1, -0.05) is 19.1 Å². The van der Waals surface area contributed by atoms with Gasteiger partial charge in [0.25, 0.3) is 0 Å². The molecule has 2 aromatic heterocycles. The first-order valence-electron chi connectivity index (χ1n) is 7.94. The number of aliphatic hydroxyl groups excluding tert-OH is 1. The first-order chi connectivity index (χ1) is 10.2. The van der Waals surface area contributed by atoms with Gasteiger partial charge in [0.15, 0.2) is 0 Å². The summed E-state index contributed by atoms with van der Waals surface area (Å²) in [5.41, 5.74) is 1.10. The van der Waals surface area contributed by atoms with Crippen molar-refractivity contribution in [1.82, 2.24) is 9.38 Å². The molecular formula is C17H24N2OS. The van der Waals surface area contributed by atoms with E-state index >= 15 is 0 Å². The van der Waals surface area contributed by atoms with Crippen LogP contribution in [0, 0.1) is 5.92 Å². The summed E-state index contributed by atoms with van der Waals surface area (Å²) < 4.78 is 2.10. The molecule has 0 saturated heterocycles. The maximum Gasteiger partial charge on any atom is 0.120 e. The number of imidazole rings is 1. The molecule has 2 heterocycles. The maximum absolute atomic E-state index is 10.8. The molecule has 2 aromatic rings. The number of hydrogen-bond donors (Lipinski definition) is 1. The summed E-state index contributed by atoms with van der Waals surface area (Å²) in [5.74, 6) is 1.21. The topological polar surface area (TPSA) is 37.5 Å². The number of aliphatic hydroxyl groups is 1. The van der Waals surface area contributed by atoms with E-state index in [1.54, 1.807) is 0 Å². The molecule has 0 amide bonds. The van der Waals surface area contributed by atoms with E-state index in [-0.39, 0.29) is 6.10 Å². The van der Waals surface area contributed by atoms with Gasteiger partial charge in [-0.3, -0.25) is 4.40 Å². The number of allylic oxidation sites excluding steroid dienone is 2. The first-order valence-corrected chi connectivity index (χ1v) is 8.76. The summed E-state index contributed by atoms with van der Waals surface area (Å²) in [5, 5.41) is 10.8. The van der Waals surface area contributed by atoms with Gasteiger partial charge in [-0.15, -0.1) is 11.3 Å². The lowest BCUT2D eigenvalue weighted by atomic mass is 9.96. The second-order valence-electron chi connectivity index (χ2n) is 6.23. The molecule has 21 heavy (non-hydrogen) atoms. The molecular weight excluding hydrogens is 280 g/mol. The van der Waals surface area contributed by atoms with Crippen molar-refractivity contribution in [2.75, 3.05) is 0 Å². The van der Waals surface area contributed by atoms with Crippen molar-refractivity contribution in [1.29, 1.82) is 0 Å². The Morgan fingerprint density at radius 3 is 3.05 bits per heavy atom. The van der Waals surface area contributed by atoms with Crippen LogP contribution in [0.3, 0.4) is 0 Å². The van der Waals surface area contributed by atoms with Crippen LogP contribution >= 0.6 is 11.3 Å². The van der Waals surface area contributed by atoms with E-state index in [1.165, 1.54) is 17.7 Å². The fraction of sp³-hybridized carbons (Fsp3) is 0.588. The number of thiazole rings is 1. The van der Waals surface area contributed by atoms with E-state index in [0.717, 1.165) is 29.8 Å². The molecule has 3 rings (SSSR count). The van der Waals surface area contributed by atoms with Gasteiger partial charge in [-0.05, 0) is 50.9 Å². The largest absolute Gasteiger partial charge is 0.387 e. The van der Waals surface area contributed by atoms with Crippen LogP contribution in [0.1, 0.15) is 68.5 Å². The standard InChI is InChI=1S/C17H24N2OS/c1-3-4-5-6-12(2)9-14(20)16-17(13-7-8-13)21-15-10-18-11-19(15)16/h3-4,10-14,20H,5-9H2,1-2H3. The van der Waals surface area contributed by atoms with Crippen molar-refractivity contribution in [2.45, 2.75) is 58.0 Å². The molecule has 1 aliphatic rings. The van der Waals surface area contributed by atoms with Gasteiger partial charge in [-0.2, -0.15) is 0 Å². The predicted molar refractivity (Wildman–Crippen MR) is 87.8 cm³/mol. The molecule has 3 nitrogen and oxygen atoms in total. The van der Waals surface area contributed by atoms with E-state index < -0.39 is 0 Å². The van der Waals surface area contributed by atoms with Gasteiger partial charge in [0.05, 0.1) is 18.0 Å². The lowest BCUT2D eigenvalue weighted by Crippen LogP contribution is -2.08. The van der Waals surface area contributed by atoms with Gasteiger partial charge in [-0.25, -0.2) is 4.98 Å². The van der Waals surface area contributed by atoms with Crippen molar-refractivity contribution in [3.8, 4) is 0 Å². The molecule has 0 spiro atoms. The molecule has 1 saturated carbocycles. The van der Waals surface area contributed by atoms with Gasteiger partial charge in [0.2, 0.25) is 0 Å². The van der Waals surface area contributed by atoms with Crippen LogP contribution in [0.4, 0.5) is 0 Å². The molecule has 1 fully saturated rings. The Labute approximate surface area is 130 Å². The molecule has 0 radical (unpaired) electrons. The fourth-order valence-electron chi connectivity index (χ4n) is 2.94. The normalized spacial score (nSPS) is 18.6. The van der Waals surface area contributed by atoms with Crippen molar-refractivity contribution < 1.29 is 5.11 Å². The Kier molecular flexibility index (Phi) is 4.45. The SMILES string of the molecule is CC=CCCC(C)CC(O)c1c(C2CC2)sc2cncn12. The summed E-state index contributed by atoms with van der Waals surface area (Å²) in [6.07, 6.45) is 13.3. The number of rotatable bonds is 7. The van der Waals surface area contributed by atoms with Gasteiger partial charge in [0.1, 0.15) is 11.2 Å². The van der Waals surface area contributed by atoms with E-state index in [2.05, 4.69) is 35.4 Å². The van der Waals surface area contributed by atoms with E-state index in [1.807, 2.05) is 23.9 Å². The van der Waals surface area contributed by atoms with E-state index in [0.29, 0.717) is 11.8 Å². The Hall–Kier alpha value is -1.13. The number of aromatic nitrogens is 2. The minimum atomic E-state index is -0.371. The van der Waals surface area contributed by atoms with Crippen LogP contribution in [-0.2, 0) is 0 Å². The summed E-state index contributed by atoms with van der Waals surface area (Å²) in [6.45, 7) is 4.30. The third-order valence-electron chi connectivity index (χ3n) is 4.28. The van der Waals surface area contributed by atoms with Crippen molar-refractivity contribution >= 4 is 16.2 Å². The van der Waals surface area contributed by atoms with Crippen LogP contribution in [0.5, 0.6) is 0 Å². The highest BCUT2D eigenvalue weighted by atomic mass is 32.1. The Balaban J connectivity index is 1.75. The van der Waals surface area contributed by atoms with Crippen LogP contribution in [-0.4, -0.2) is 14.5 Å². The van der Waals surface area contributed by atoms with Gasteiger partial charge < -0.3 is 5.11 Å². The second-order valence-corrected chi connectivity index (χ2v) is 7.29. The summed E-state index contributed by atoms with van der Waals surface area (Å²) >= 11 is 1.81. The molecule has 2 unspecified atom stereocenters. The van der Waals surface area contributed by atoms with Crippen LogP contribution < -0.4 is 0 Å². The Bertz CT molecular complexity index is 624. The Morgan fingerprint density at radius 1 is 1.52 bits per heavy atom. The fourth-order valence-corrected chi connectivity index (χ4v) is 4.27. The minimum absolute atomic E-state index is 0.371. The summed E-state index contributed by atoms with van der Waals surface area (Å²) in [7, 11) is 0. The first kappa shape index (κ1) is 14.8. The van der Waals surface area contributed by atoms with Gasteiger partial charge in [0, 0.05) is 4.88 Å². The van der Waals surface area contributed by atoms with Gasteiger partial charge >= 0.3 is 0 Å². The molecule has 1 N–H and O–H groups in total. The monoisotopic (exact) mass is 304 g/mol. The van der Waals surface area contributed by atoms with Crippen LogP contribution in [0.25, 0.3) is 4.83 Å². The number of hydrogen-bond acceptors (Lipinski definition) is 3. The average Bonchev–Trinajstić information content (AvgIpc) is 3.08. The summed E-state index contributed by atoms with van der Waals surface area (Å²) in [4.78, 5) is 6.77. The molecule has 114 valence electrons. The zero-order chi connectivity index (χ0) is 14.8. The molecule has 0 aromatic carbocycles. The molecule has 0 bridgehead atoms. The van der Waals surface area contributed by atoms with E-state index in [4.69, 9.17) is 0 Å². The lowest BCUT2D eigenvalue weighted by Gasteiger charge is -2.17. The third kappa shape index (κ3) is 3.22.